The van der Waals surface area contributed by atoms with Crippen LogP contribution in [-0.4, -0.2) is 41.5 Å². The van der Waals surface area contributed by atoms with Crippen molar-refractivity contribution in [3.05, 3.63) is 116 Å². The molecule has 0 spiro atoms. The number of aliphatic hydroxyl groups excluding tert-OH is 1. The summed E-state index contributed by atoms with van der Waals surface area (Å²) in [6, 6.07) is 12.1. The molecule has 0 heterocycles. The number of hydrogen-bond acceptors (Lipinski definition) is 6. The summed E-state index contributed by atoms with van der Waals surface area (Å²) in [6.07, 6.45) is 15.0. The highest BCUT2D eigenvalue weighted by molar-refractivity contribution is 5.78. The van der Waals surface area contributed by atoms with Crippen LogP contribution in [0, 0.1) is 22.5 Å². The van der Waals surface area contributed by atoms with Crippen LogP contribution >= 0.6 is 0 Å². The predicted octanol–water partition coefficient (Wildman–Crippen LogP) is 8.83. The first-order valence-electron chi connectivity index (χ1n) is 15.7. The molecule has 0 amide bonds. The second-order valence-corrected chi connectivity index (χ2v) is 11.3. The average Bonchev–Trinajstić information content (AvgIpc) is 2.99. The largest absolute Gasteiger partial charge is 0.396 e. The van der Waals surface area contributed by atoms with Crippen molar-refractivity contribution in [2.75, 3.05) is 20.3 Å². The van der Waals surface area contributed by atoms with Crippen molar-refractivity contribution >= 4 is 12.0 Å². The number of allylic oxidation sites excluding steroid dienone is 5. The molecule has 7 nitrogen and oxygen atoms in total. The number of carbonyl (C=O) groups is 1. The standard InChI is InChI=1S/C24H30N2O5.C11H14.C2H6/c1-18-5-3-6-20(16-28)22(18)23(31-17-24(13-14-27)11-4-12-24)25(2)15-19-7-9-21(10-8-19)26(29)30;1-3-11-8-4-6-10(2)7-5-9-11;1-2/h3,5-10,16,23,27H,4,11-15,17H2,1-2H3;6-9H,3-4H2,1-2H3;1-2H3/b;10-6-,11-8-;. The Hall–Kier alpha value is -3.61. The van der Waals surface area contributed by atoms with E-state index in [1.807, 2.05) is 50.9 Å². The molecule has 2 aliphatic rings. The van der Waals surface area contributed by atoms with Crippen LogP contribution in [0.5, 0.6) is 0 Å². The smallest absolute Gasteiger partial charge is 0.269 e. The van der Waals surface area contributed by atoms with Crippen LogP contribution in [0.4, 0.5) is 5.69 Å². The molecule has 1 fully saturated rings. The van der Waals surface area contributed by atoms with Crippen LogP contribution < -0.4 is 0 Å². The van der Waals surface area contributed by atoms with Crippen LogP contribution in [0.25, 0.3) is 0 Å². The van der Waals surface area contributed by atoms with E-state index in [-0.39, 0.29) is 17.7 Å². The summed E-state index contributed by atoms with van der Waals surface area (Å²) in [6.45, 7) is 11.4. The van der Waals surface area contributed by atoms with Gasteiger partial charge in [0, 0.05) is 36.4 Å². The number of hydrogen-bond donors (Lipinski definition) is 1. The molecule has 44 heavy (non-hydrogen) atoms. The molecule has 2 aromatic rings. The van der Waals surface area contributed by atoms with Gasteiger partial charge in [-0.1, -0.05) is 69.7 Å². The van der Waals surface area contributed by atoms with Gasteiger partial charge in [0.25, 0.3) is 5.69 Å². The molecule has 1 atom stereocenters. The number of aldehydes is 1. The van der Waals surface area contributed by atoms with Crippen molar-refractivity contribution in [1.82, 2.24) is 4.90 Å². The first kappa shape index (κ1) is 36.6. The highest BCUT2D eigenvalue weighted by Gasteiger charge is 2.38. The zero-order valence-corrected chi connectivity index (χ0v) is 27.3. The van der Waals surface area contributed by atoms with Crippen molar-refractivity contribution in [3.63, 3.8) is 0 Å². The van der Waals surface area contributed by atoms with E-state index in [1.165, 1.54) is 23.3 Å². The zero-order valence-electron chi connectivity index (χ0n) is 27.3. The minimum absolute atomic E-state index is 0.00870. The fourth-order valence-electron chi connectivity index (χ4n) is 5.35. The summed E-state index contributed by atoms with van der Waals surface area (Å²) in [5, 5.41) is 20.4. The number of aryl methyl sites for hydroxylation is 1. The molecule has 2 aromatic carbocycles. The molecule has 238 valence electrons. The minimum Gasteiger partial charge on any atom is -0.396 e. The number of nitro benzene ring substituents is 1. The van der Waals surface area contributed by atoms with Crippen molar-refractivity contribution in [1.29, 1.82) is 0 Å². The van der Waals surface area contributed by atoms with Gasteiger partial charge in [0.15, 0.2) is 0 Å². The minimum atomic E-state index is -0.451. The quantitative estimate of drug-likeness (QED) is 0.0858. The molecule has 0 aliphatic heterocycles. The maximum Gasteiger partial charge on any atom is 0.269 e. The molecule has 4 rings (SSSR count). The summed E-state index contributed by atoms with van der Waals surface area (Å²) in [4.78, 5) is 24.3. The molecule has 0 radical (unpaired) electrons. The van der Waals surface area contributed by atoms with E-state index in [2.05, 4.69) is 37.8 Å². The Bertz CT molecular complexity index is 1330. The van der Waals surface area contributed by atoms with E-state index in [4.69, 9.17) is 4.74 Å². The van der Waals surface area contributed by atoms with Gasteiger partial charge in [-0.05, 0) is 92.8 Å². The van der Waals surface area contributed by atoms with Crippen LogP contribution in [0.3, 0.4) is 0 Å². The van der Waals surface area contributed by atoms with Gasteiger partial charge in [0.2, 0.25) is 0 Å². The fourth-order valence-corrected chi connectivity index (χ4v) is 5.35. The lowest BCUT2D eigenvalue weighted by atomic mass is 9.67. The Balaban J connectivity index is 0.000000434. The summed E-state index contributed by atoms with van der Waals surface area (Å²) < 4.78 is 6.46. The van der Waals surface area contributed by atoms with E-state index >= 15 is 0 Å². The van der Waals surface area contributed by atoms with Gasteiger partial charge in [0.1, 0.15) is 12.5 Å². The molecule has 0 bridgehead atoms. The Morgan fingerprint density at radius 1 is 1.11 bits per heavy atom. The summed E-state index contributed by atoms with van der Waals surface area (Å²) in [5.74, 6) is 0. The Morgan fingerprint density at radius 3 is 2.39 bits per heavy atom. The normalized spacial score (nSPS) is 18.0. The lowest BCUT2D eigenvalue weighted by molar-refractivity contribution is -0.384. The third-order valence-corrected chi connectivity index (χ3v) is 8.12. The molecule has 1 saturated carbocycles. The number of rotatable bonds is 12. The predicted molar refractivity (Wildman–Crippen MR) is 179 cm³/mol. The number of nitro groups is 1. The molecular weight excluding hydrogens is 552 g/mol. The zero-order chi connectivity index (χ0) is 32.5. The van der Waals surface area contributed by atoms with E-state index in [0.29, 0.717) is 25.1 Å². The van der Waals surface area contributed by atoms with Gasteiger partial charge in [0.05, 0.1) is 11.5 Å². The fraction of sp³-hybridized carbons (Fsp3) is 0.459. The summed E-state index contributed by atoms with van der Waals surface area (Å²) >= 11 is 0. The number of nitrogens with zero attached hydrogens (tertiary/aromatic N) is 2. The van der Waals surface area contributed by atoms with Gasteiger partial charge in [-0.3, -0.25) is 19.8 Å². The van der Waals surface area contributed by atoms with Gasteiger partial charge in [-0.2, -0.15) is 0 Å². The molecule has 0 aromatic heterocycles. The Labute approximate surface area is 263 Å². The van der Waals surface area contributed by atoms with Crippen molar-refractivity contribution in [2.24, 2.45) is 5.41 Å². The summed E-state index contributed by atoms with van der Waals surface area (Å²) in [5.41, 5.74) is 9.18. The monoisotopic (exact) mass is 602 g/mol. The van der Waals surface area contributed by atoms with Gasteiger partial charge < -0.3 is 9.84 Å². The third kappa shape index (κ3) is 10.8. The van der Waals surface area contributed by atoms with E-state index in [1.54, 1.807) is 18.2 Å². The first-order valence-corrected chi connectivity index (χ1v) is 15.7. The van der Waals surface area contributed by atoms with Crippen molar-refractivity contribution in [3.8, 4) is 0 Å². The van der Waals surface area contributed by atoms with Crippen LogP contribution in [-0.2, 0) is 11.3 Å². The topological polar surface area (TPSA) is 92.9 Å². The number of carbonyl (C=O) groups excluding carboxylic acids is 1. The lowest BCUT2D eigenvalue weighted by Gasteiger charge is -2.43. The second-order valence-electron chi connectivity index (χ2n) is 11.3. The van der Waals surface area contributed by atoms with E-state index < -0.39 is 11.2 Å². The van der Waals surface area contributed by atoms with Crippen LogP contribution in [0.15, 0.2) is 83.6 Å². The van der Waals surface area contributed by atoms with Crippen molar-refractivity contribution < 1.29 is 19.6 Å². The average molecular weight is 603 g/mol. The molecule has 1 N–H and O–H groups in total. The molecule has 7 heteroatoms. The SMILES string of the molecule is CC.CC/C1=C/C/C=C(/C)C=C=C1.Cc1cccc(C=O)c1C(OCC1(CCO)CCC1)N(C)Cc1ccc([N+](=O)[O-])cc1. The van der Waals surface area contributed by atoms with Crippen LogP contribution in [0.2, 0.25) is 0 Å². The number of ether oxygens (including phenoxy) is 1. The third-order valence-electron chi connectivity index (χ3n) is 8.12. The molecular formula is C37H50N2O5. The maximum atomic E-state index is 11.8. The molecule has 1 unspecified atom stereocenters. The van der Waals surface area contributed by atoms with Gasteiger partial charge in [-0.15, -0.1) is 5.73 Å². The maximum absolute atomic E-state index is 11.8. The Morgan fingerprint density at radius 2 is 1.82 bits per heavy atom. The second kappa shape index (κ2) is 18.9. The highest BCUT2D eigenvalue weighted by atomic mass is 16.6. The van der Waals surface area contributed by atoms with Crippen LogP contribution in [0.1, 0.15) is 99.5 Å². The number of aliphatic hydroxyl groups is 1. The lowest BCUT2D eigenvalue weighted by Crippen LogP contribution is -2.38. The summed E-state index contributed by atoms with van der Waals surface area (Å²) in [7, 11) is 1.92. The van der Waals surface area contributed by atoms with Crippen molar-refractivity contribution in [2.45, 2.75) is 85.9 Å². The number of benzene rings is 2. The first-order chi connectivity index (χ1) is 21.2. The van der Waals surface area contributed by atoms with E-state index in [0.717, 1.165) is 55.1 Å². The Kier molecular flexibility index (Phi) is 15.7. The van der Waals surface area contributed by atoms with Gasteiger partial charge in [-0.25, -0.2) is 0 Å². The highest BCUT2D eigenvalue weighted by Crippen LogP contribution is 2.45. The van der Waals surface area contributed by atoms with Gasteiger partial charge >= 0.3 is 0 Å². The molecule has 0 saturated heterocycles. The molecule has 2 aliphatic carbocycles. The van der Waals surface area contributed by atoms with E-state index in [9.17, 15) is 20.0 Å². The number of non-ortho nitro benzene ring substituents is 1.